The minimum Gasteiger partial charge on any atom is -0.383 e. The molecule has 0 aliphatic heterocycles. The number of nitrogen functional groups attached to an aromatic ring is 1. The van der Waals surface area contributed by atoms with Gasteiger partial charge in [-0.1, -0.05) is 18.2 Å². The molecule has 0 saturated heterocycles. The fraction of sp³-hybridized carbons (Fsp3) is 0.261. The molecule has 0 fully saturated rings. The number of thiazole rings is 1. The zero-order chi connectivity index (χ0) is 26.5. The lowest BCUT2D eigenvalue weighted by Gasteiger charge is -2.03. The highest BCUT2D eigenvalue weighted by atomic mass is 32.2. The largest absolute Gasteiger partial charge is 0.383 e. The van der Waals surface area contributed by atoms with Gasteiger partial charge in [0.15, 0.2) is 0 Å². The molecule has 0 unspecified atom stereocenters. The van der Waals surface area contributed by atoms with E-state index in [-0.39, 0.29) is 10.6 Å². The van der Waals surface area contributed by atoms with E-state index in [1.807, 2.05) is 23.6 Å². The number of rotatable bonds is 7. The first-order valence-electron chi connectivity index (χ1n) is 10.7. The molecule has 192 valence electrons. The lowest BCUT2D eigenvalue weighted by atomic mass is 10.1. The van der Waals surface area contributed by atoms with Gasteiger partial charge in [-0.3, -0.25) is 4.55 Å². The Morgan fingerprint density at radius 3 is 2.50 bits per heavy atom. The predicted octanol–water partition coefficient (Wildman–Crippen LogP) is 3.02. The molecule has 0 radical (unpaired) electrons. The van der Waals surface area contributed by atoms with Crippen molar-refractivity contribution in [2.45, 2.75) is 25.3 Å². The molecule has 0 aliphatic rings. The first-order valence-corrected chi connectivity index (χ1v) is 15.1. The Kier molecular flexibility index (Phi) is 8.74. The molecule has 2 heterocycles. The van der Waals surface area contributed by atoms with Gasteiger partial charge >= 0.3 is 0 Å². The van der Waals surface area contributed by atoms with Gasteiger partial charge in [-0.15, -0.1) is 11.3 Å². The molecule has 13 heteroatoms. The SMILES string of the molecule is CS(=O)(=O)CCNCc1nc(-c2ccc3ncnc(N)c3c2)cs1.Cc1cccc(S(=O)(=O)O)c1C. The Balaban J connectivity index is 0.000000253. The van der Waals surface area contributed by atoms with Crippen LogP contribution in [0.2, 0.25) is 0 Å². The van der Waals surface area contributed by atoms with E-state index in [1.165, 1.54) is 30.0 Å². The quantitative estimate of drug-likeness (QED) is 0.230. The highest BCUT2D eigenvalue weighted by Crippen LogP contribution is 2.26. The summed E-state index contributed by atoms with van der Waals surface area (Å²) in [6.07, 6.45) is 2.67. The summed E-state index contributed by atoms with van der Waals surface area (Å²) in [5.74, 6) is 0.564. The van der Waals surface area contributed by atoms with Gasteiger partial charge in [0.25, 0.3) is 10.1 Å². The average molecular weight is 550 g/mol. The minimum absolute atomic E-state index is 0.0116. The fourth-order valence-corrected chi connectivity index (χ4v) is 5.30. The molecular weight excluding hydrogens is 522 g/mol. The predicted molar refractivity (Wildman–Crippen MR) is 142 cm³/mol. The van der Waals surface area contributed by atoms with E-state index >= 15 is 0 Å². The third-order valence-electron chi connectivity index (χ3n) is 5.27. The van der Waals surface area contributed by atoms with E-state index in [4.69, 9.17) is 10.3 Å². The first kappa shape index (κ1) is 27.6. The van der Waals surface area contributed by atoms with Crippen LogP contribution < -0.4 is 11.1 Å². The summed E-state index contributed by atoms with van der Waals surface area (Å²) in [5, 5.41) is 6.76. The number of aromatic nitrogens is 3. The molecule has 4 rings (SSSR count). The summed E-state index contributed by atoms with van der Waals surface area (Å²) in [5.41, 5.74) is 9.94. The van der Waals surface area contributed by atoms with Crippen LogP contribution in [0.15, 0.2) is 53.0 Å². The van der Waals surface area contributed by atoms with Crippen LogP contribution in [-0.2, 0) is 26.5 Å². The van der Waals surface area contributed by atoms with Crippen LogP contribution in [0.1, 0.15) is 16.1 Å². The van der Waals surface area contributed by atoms with Crippen molar-refractivity contribution in [1.82, 2.24) is 20.3 Å². The van der Waals surface area contributed by atoms with Gasteiger partial charge in [-0.2, -0.15) is 8.42 Å². The molecule has 0 aliphatic carbocycles. The van der Waals surface area contributed by atoms with E-state index in [9.17, 15) is 16.8 Å². The summed E-state index contributed by atoms with van der Waals surface area (Å²) in [6, 6.07) is 10.6. The topological polar surface area (TPSA) is 165 Å². The number of fused-ring (bicyclic) bond motifs is 1. The molecule has 4 N–H and O–H groups in total. The maximum atomic E-state index is 11.1. The van der Waals surface area contributed by atoms with Crippen LogP contribution >= 0.6 is 11.3 Å². The minimum atomic E-state index is -4.06. The number of benzene rings is 2. The third-order valence-corrected chi connectivity index (χ3v) is 8.06. The van der Waals surface area contributed by atoms with Crippen LogP contribution in [0.25, 0.3) is 22.2 Å². The monoisotopic (exact) mass is 549 g/mol. The molecule has 36 heavy (non-hydrogen) atoms. The number of aryl methyl sites for hydroxylation is 1. The van der Waals surface area contributed by atoms with Crippen molar-refractivity contribution >= 4 is 48.0 Å². The molecule has 2 aromatic heterocycles. The first-order chi connectivity index (χ1) is 16.8. The lowest BCUT2D eigenvalue weighted by Crippen LogP contribution is -2.21. The Labute approximate surface area is 214 Å². The Hall–Kier alpha value is -2.97. The Morgan fingerprint density at radius 2 is 1.83 bits per heavy atom. The number of anilines is 1. The second-order valence-electron chi connectivity index (χ2n) is 8.10. The van der Waals surface area contributed by atoms with Crippen LogP contribution in [0, 0.1) is 13.8 Å². The number of hydrogen-bond acceptors (Lipinski definition) is 10. The van der Waals surface area contributed by atoms with Gasteiger partial charge in [0.05, 0.1) is 21.9 Å². The fourth-order valence-electron chi connectivity index (χ4n) is 3.22. The molecule has 0 atom stereocenters. The van der Waals surface area contributed by atoms with E-state index < -0.39 is 20.0 Å². The third kappa shape index (κ3) is 7.51. The van der Waals surface area contributed by atoms with Crippen LogP contribution in [0.4, 0.5) is 5.82 Å². The van der Waals surface area contributed by atoms with Crippen molar-refractivity contribution < 1.29 is 21.4 Å². The molecule has 10 nitrogen and oxygen atoms in total. The molecule has 2 aromatic carbocycles. The summed E-state index contributed by atoms with van der Waals surface area (Å²) in [4.78, 5) is 12.8. The molecule has 0 bridgehead atoms. The second kappa shape index (κ2) is 11.4. The molecular formula is C23H27N5O5S3. The molecule has 0 saturated carbocycles. The molecule has 4 aromatic rings. The standard InChI is InChI=1S/C15H17N5O2S2.C8H10O3S/c1-24(21,22)5-4-17-7-14-20-13(8-23-14)10-2-3-12-11(6-10)15(16)19-9-18-12;1-6-4-3-5-8(7(6)2)12(9,10)11/h2-3,6,8-9,17H,4-5,7H2,1H3,(H2,16,18,19);3-5H,1-2H3,(H,9,10,11). The van der Waals surface area contributed by atoms with E-state index in [1.54, 1.807) is 26.0 Å². The van der Waals surface area contributed by atoms with Gasteiger partial charge in [0, 0.05) is 35.7 Å². The summed E-state index contributed by atoms with van der Waals surface area (Å²) in [7, 11) is -7.00. The smallest absolute Gasteiger partial charge is 0.294 e. The van der Waals surface area contributed by atoms with E-state index in [0.29, 0.717) is 24.5 Å². The van der Waals surface area contributed by atoms with Crippen LogP contribution in [0.5, 0.6) is 0 Å². The van der Waals surface area contributed by atoms with Crippen molar-refractivity contribution in [3.63, 3.8) is 0 Å². The zero-order valence-corrected chi connectivity index (χ0v) is 22.4. The summed E-state index contributed by atoms with van der Waals surface area (Å²) in [6.45, 7) is 4.42. The number of sulfone groups is 1. The maximum absolute atomic E-state index is 11.1. The van der Waals surface area contributed by atoms with Crippen molar-refractivity contribution in [1.29, 1.82) is 0 Å². The van der Waals surface area contributed by atoms with Gasteiger partial charge in [-0.05, 0) is 43.2 Å². The van der Waals surface area contributed by atoms with Gasteiger partial charge in [0.2, 0.25) is 0 Å². The zero-order valence-electron chi connectivity index (χ0n) is 20.0. The average Bonchev–Trinajstić information content (AvgIpc) is 3.27. The van der Waals surface area contributed by atoms with Crippen LogP contribution in [-0.4, -0.2) is 54.9 Å². The second-order valence-corrected chi connectivity index (χ2v) is 12.7. The highest BCUT2D eigenvalue weighted by Gasteiger charge is 2.13. The molecule has 0 amide bonds. The number of hydrogen-bond donors (Lipinski definition) is 3. The van der Waals surface area contributed by atoms with Crippen molar-refractivity contribution in [3.05, 3.63) is 64.2 Å². The molecule has 0 spiro atoms. The summed E-state index contributed by atoms with van der Waals surface area (Å²) < 4.78 is 52.5. The number of nitrogens with one attached hydrogen (secondary N) is 1. The van der Waals surface area contributed by atoms with Crippen LogP contribution in [0.3, 0.4) is 0 Å². The van der Waals surface area contributed by atoms with Gasteiger partial charge in [-0.25, -0.2) is 23.4 Å². The Bertz CT molecular complexity index is 1580. The van der Waals surface area contributed by atoms with Crippen molar-refractivity contribution in [2.24, 2.45) is 0 Å². The number of nitrogens with two attached hydrogens (primary N) is 1. The normalized spacial score (nSPS) is 11.8. The van der Waals surface area contributed by atoms with E-state index in [2.05, 4.69) is 20.3 Å². The maximum Gasteiger partial charge on any atom is 0.294 e. The van der Waals surface area contributed by atoms with E-state index in [0.717, 1.165) is 32.7 Å². The van der Waals surface area contributed by atoms with Gasteiger partial charge < -0.3 is 11.1 Å². The Morgan fingerprint density at radius 1 is 1.08 bits per heavy atom. The number of nitrogens with zero attached hydrogens (tertiary/aromatic N) is 3. The van der Waals surface area contributed by atoms with Crippen molar-refractivity contribution in [2.75, 3.05) is 24.3 Å². The summed E-state index contributed by atoms with van der Waals surface area (Å²) >= 11 is 1.53. The lowest BCUT2D eigenvalue weighted by molar-refractivity contribution is 0.482. The van der Waals surface area contributed by atoms with Crippen molar-refractivity contribution in [3.8, 4) is 11.3 Å². The highest BCUT2D eigenvalue weighted by molar-refractivity contribution is 7.90. The van der Waals surface area contributed by atoms with Gasteiger partial charge in [0.1, 0.15) is 27.0 Å².